The largest absolute Gasteiger partial charge is 0.312 e. The first-order chi connectivity index (χ1) is 7.33. The number of aromatic nitrogens is 4. The van der Waals surface area contributed by atoms with Crippen LogP contribution in [-0.2, 0) is 0 Å². The molecule has 0 aliphatic rings. The van der Waals surface area contributed by atoms with Crippen LogP contribution in [0.5, 0.6) is 0 Å². The second-order valence-corrected chi connectivity index (χ2v) is 2.86. The molecule has 0 atom stereocenters. The first-order valence-corrected chi connectivity index (χ1v) is 4.38. The summed E-state index contributed by atoms with van der Waals surface area (Å²) in [7, 11) is 1.80. The molecule has 2 aromatic heterocycles. The molecule has 0 amide bonds. The molecule has 0 bridgehead atoms. The molecule has 6 heteroatoms. The first kappa shape index (κ1) is 9.43. The second kappa shape index (κ2) is 3.94. The third kappa shape index (κ3) is 1.73. The summed E-state index contributed by atoms with van der Waals surface area (Å²) >= 11 is 0. The molecule has 0 radical (unpaired) electrons. The second-order valence-electron chi connectivity index (χ2n) is 2.86. The van der Waals surface area contributed by atoms with Crippen LogP contribution in [0.2, 0.25) is 0 Å². The van der Waals surface area contributed by atoms with Gasteiger partial charge in [-0.2, -0.15) is 5.10 Å². The summed E-state index contributed by atoms with van der Waals surface area (Å²) in [6.07, 6.45) is 1.32. The van der Waals surface area contributed by atoms with Crippen molar-refractivity contribution in [1.29, 1.82) is 0 Å². The van der Waals surface area contributed by atoms with Crippen LogP contribution in [0.25, 0.3) is 11.0 Å². The average molecular weight is 203 g/mol. The lowest BCUT2D eigenvalue weighted by molar-refractivity contribution is 0.938. The van der Waals surface area contributed by atoms with Gasteiger partial charge in [-0.3, -0.25) is 9.89 Å². The lowest BCUT2D eigenvalue weighted by Gasteiger charge is -1.85. The maximum Gasteiger partial charge on any atom is 0.263 e. The Kier molecular flexibility index (Phi) is 2.48. The molecule has 0 aliphatic carbocycles. The first-order valence-electron chi connectivity index (χ1n) is 4.38. The van der Waals surface area contributed by atoms with Crippen molar-refractivity contribution in [3.63, 3.8) is 0 Å². The van der Waals surface area contributed by atoms with Crippen LogP contribution in [0.3, 0.4) is 0 Å². The molecule has 0 aromatic carbocycles. The molecule has 2 aromatic rings. The molecular formula is C9H9N5O. The Bertz CT molecular complexity index is 586. The predicted molar refractivity (Wildman–Crippen MR) is 55.3 cm³/mol. The van der Waals surface area contributed by atoms with E-state index >= 15 is 0 Å². The average Bonchev–Trinajstić information content (AvgIpc) is 2.63. The molecule has 0 saturated carbocycles. The molecule has 0 saturated heterocycles. The Morgan fingerprint density at radius 2 is 2.47 bits per heavy atom. The van der Waals surface area contributed by atoms with Crippen LogP contribution in [0.1, 0.15) is 5.69 Å². The molecule has 2 heterocycles. The van der Waals surface area contributed by atoms with Gasteiger partial charge in [-0.15, -0.1) is 0 Å². The topological polar surface area (TPSA) is 86.5 Å². The fourth-order valence-corrected chi connectivity index (χ4v) is 1.18. The molecule has 0 unspecified atom stereocenters. The number of hydrogen-bond donors (Lipinski definition) is 3. The summed E-state index contributed by atoms with van der Waals surface area (Å²) < 4.78 is 0. The highest BCUT2D eigenvalue weighted by molar-refractivity contribution is 5.79. The standard InChI is InChI=1S/C9H9N5O/c1-10-4-2-3-6-7-8(14-13-6)11-5-12-9(7)15/h5,10H,4H2,1H3,(H2,11,12,13,14,15). The van der Waals surface area contributed by atoms with Gasteiger partial charge in [0.15, 0.2) is 5.65 Å². The van der Waals surface area contributed by atoms with Crippen molar-refractivity contribution in [2.75, 3.05) is 13.6 Å². The van der Waals surface area contributed by atoms with Crippen molar-refractivity contribution in [1.82, 2.24) is 25.5 Å². The van der Waals surface area contributed by atoms with E-state index in [1.54, 1.807) is 7.05 Å². The van der Waals surface area contributed by atoms with E-state index in [1.807, 2.05) is 0 Å². The van der Waals surface area contributed by atoms with Crippen molar-refractivity contribution in [2.24, 2.45) is 0 Å². The van der Waals surface area contributed by atoms with Gasteiger partial charge in [0.2, 0.25) is 0 Å². The molecule has 15 heavy (non-hydrogen) atoms. The van der Waals surface area contributed by atoms with E-state index in [4.69, 9.17) is 0 Å². The molecule has 0 spiro atoms. The molecule has 76 valence electrons. The van der Waals surface area contributed by atoms with E-state index < -0.39 is 0 Å². The van der Waals surface area contributed by atoms with Crippen molar-refractivity contribution < 1.29 is 0 Å². The highest BCUT2D eigenvalue weighted by Crippen LogP contribution is 2.05. The van der Waals surface area contributed by atoms with Crippen molar-refractivity contribution >= 4 is 11.0 Å². The van der Waals surface area contributed by atoms with Gasteiger partial charge in [0, 0.05) is 0 Å². The zero-order valence-corrected chi connectivity index (χ0v) is 8.09. The van der Waals surface area contributed by atoms with Gasteiger partial charge in [0.25, 0.3) is 5.56 Å². The highest BCUT2D eigenvalue weighted by atomic mass is 16.1. The lowest BCUT2D eigenvalue weighted by atomic mass is 10.3. The number of hydrogen-bond acceptors (Lipinski definition) is 4. The molecule has 6 nitrogen and oxygen atoms in total. The van der Waals surface area contributed by atoms with E-state index in [0.717, 1.165) is 0 Å². The van der Waals surface area contributed by atoms with Gasteiger partial charge in [0.1, 0.15) is 11.1 Å². The summed E-state index contributed by atoms with van der Waals surface area (Å²) in [5.74, 6) is 5.66. The van der Waals surface area contributed by atoms with E-state index in [0.29, 0.717) is 23.3 Å². The number of nitrogens with zero attached hydrogens (tertiary/aromatic N) is 2. The van der Waals surface area contributed by atoms with E-state index in [9.17, 15) is 4.79 Å². The Labute approximate surface area is 85.1 Å². The molecular weight excluding hydrogens is 194 g/mol. The Balaban J connectivity index is 2.55. The number of rotatable bonds is 1. The van der Waals surface area contributed by atoms with Crippen molar-refractivity contribution in [2.45, 2.75) is 0 Å². The molecule has 0 aliphatic heterocycles. The maximum absolute atomic E-state index is 11.5. The van der Waals surface area contributed by atoms with Gasteiger partial charge in [-0.25, -0.2) is 4.98 Å². The number of H-pyrrole nitrogens is 2. The number of aromatic amines is 2. The lowest BCUT2D eigenvalue weighted by Crippen LogP contribution is -2.06. The van der Waals surface area contributed by atoms with Crippen LogP contribution < -0.4 is 10.9 Å². The van der Waals surface area contributed by atoms with Crippen LogP contribution in [0.4, 0.5) is 0 Å². The monoisotopic (exact) mass is 203 g/mol. The Morgan fingerprint density at radius 3 is 3.27 bits per heavy atom. The highest BCUT2D eigenvalue weighted by Gasteiger charge is 2.07. The van der Waals surface area contributed by atoms with Crippen LogP contribution in [0.15, 0.2) is 11.1 Å². The smallest absolute Gasteiger partial charge is 0.263 e. The fourth-order valence-electron chi connectivity index (χ4n) is 1.18. The number of nitrogens with one attached hydrogen (secondary N) is 3. The number of fused-ring (bicyclic) bond motifs is 1. The minimum atomic E-state index is -0.234. The quantitative estimate of drug-likeness (QED) is 0.530. The summed E-state index contributed by atoms with van der Waals surface area (Å²) in [6, 6.07) is 0. The summed E-state index contributed by atoms with van der Waals surface area (Å²) in [5, 5.41) is 9.85. The van der Waals surface area contributed by atoms with Gasteiger partial charge < -0.3 is 10.3 Å². The van der Waals surface area contributed by atoms with Gasteiger partial charge in [-0.1, -0.05) is 5.92 Å². The molecule has 3 N–H and O–H groups in total. The zero-order chi connectivity index (χ0) is 10.7. The van der Waals surface area contributed by atoms with Crippen LogP contribution in [0, 0.1) is 11.8 Å². The van der Waals surface area contributed by atoms with Crippen molar-refractivity contribution in [3.8, 4) is 11.8 Å². The van der Waals surface area contributed by atoms with Gasteiger partial charge in [-0.05, 0) is 13.0 Å². The zero-order valence-electron chi connectivity index (χ0n) is 8.09. The minimum absolute atomic E-state index is 0.234. The normalized spacial score (nSPS) is 9.93. The Hall–Kier alpha value is -2.13. The summed E-state index contributed by atoms with van der Waals surface area (Å²) in [6.45, 7) is 0.554. The van der Waals surface area contributed by atoms with E-state index in [2.05, 4.69) is 37.3 Å². The van der Waals surface area contributed by atoms with Gasteiger partial charge >= 0.3 is 0 Å². The predicted octanol–water partition coefficient (Wildman–Crippen LogP) is -0.783. The van der Waals surface area contributed by atoms with E-state index in [-0.39, 0.29) is 5.56 Å². The van der Waals surface area contributed by atoms with Gasteiger partial charge in [0.05, 0.1) is 12.9 Å². The third-order valence-corrected chi connectivity index (χ3v) is 1.84. The summed E-state index contributed by atoms with van der Waals surface area (Å²) in [4.78, 5) is 17.8. The van der Waals surface area contributed by atoms with Crippen LogP contribution in [-0.4, -0.2) is 33.8 Å². The molecule has 2 rings (SSSR count). The molecule has 0 fully saturated rings. The SMILES string of the molecule is CNCC#Cc1[nH]nc2nc[nH]c(=O)c12. The fraction of sp³-hybridized carbons (Fsp3) is 0.222. The Morgan fingerprint density at radius 1 is 1.60 bits per heavy atom. The minimum Gasteiger partial charge on any atom is -0.312 e. The maximum atomic E-state index is 11.5. The summed E-state index contributed by atoms with van der Waals surface area (Å²) in [5.41, 5.74) is 0.643. The van der Waals surface area contributed by atoms with E-state index in [1.165, 1.54) is 6.33 Å². The van der Waals surface area contributed by atoms with Crippen molar-refractivity contribution in [3.05, 3.63) is 22.4 Å². The third-order valence-electron chi connectivity index (χ3n) is 1.84. The van der Waals surface area contributed by atoms with Crippen LogP contribution >= 0.6 is 0 Å².